The predicted molar refractivity (Wildman–Crippen MR) is 53.4 cm³/mol. The fourth-order valence-electron chi connectivity index (χ4n) is 1.37. The van der Waals surface area contributed by atoms with Crippen molar-refractivity contribution < 1.29 is 0 Å². The number of hydrogen-bond acceptors (Lipinski definition) is 0. The first kappa shape index (κ1) is 6.62. The second kappa shape index (κ2) is 2.51. The summed E-state index contributed by atoms with van der Waals surface area (Å²) < 4.78 is 0. The summed E-state index contributed by atoms with van der Waals surface area (Å²) in [6.07, 6.45) is 4.43. The van der Waals surface area contributed by atoms with Gasteiger partial charge in [-0.2, -0.15) is 0 Å². The minimum absolute atomic E-state index is 1.15. The Hall–Kier alpha value is -1.08. The summed E-state index contributed by atoms with van der Waals surface area (Å²) in [7, 11) is 1.15. The van der Waals surface area contributed by atoms with Crippen molar-refractivity contribution in [2.45, 2.75) is 0 Å². The molecule has 0 fully saturated rings. The molecule has 2 rings (SSSR count). The van der Waals surface area contributed by atoms with Gasteiger partial charge in [-0.1, -0.05) is 30.3 Å². The Morgan fingerprint density at radius 1 is 1.18 bits per heavy atom. The molecule has 1 aliphatic carbocycles. The molecule has 0 amide bonds. The summed E-state index contributed by atoms with van der Waals surface area (Å²) in [5.74, 6) is 0. The molecule has 0 aliphatic heterocycles. The van der Waals surface area contributed by atoms with E-state index in [9.17, 15) is 0 Å². The van der Waals surface area contributed by atoms with Crippen LogP contribution >= 0.6 is 0 Å². The maximum absolute atomic E-state index is 2.23. The molecule has 1 aliphatic rings. The Bertz CT molecular complexity index is 334. The molecule has 0 spiro atoms. The van der Waals surface area contributed by atoms with Crippen LogP contribution in [-0.2, 0) is 0 Å². The zero-order chi connectivity index (χ0) is 7.68. The molecule has 0 saturated carbocycles. The van der Waals surface area contributed by atoms with Crippen LogP contribution in [0.5, 0.6) is 0 Å². The number of allylic oxidation sites excluding steroid dienone is 2. The number of hydrogen-bond donors (Lipinski definition) is 0. The monoisotopic (exact) mass is 158 g/mol. The second-order valence-electron chi connectivity index (χ2n) is 2.69. The van der Waals surface area contributed by atoms with Crippen molar-refractivity contribution in [1.82, 2.24) is 0 Å². The summed E-state index contributed by atoms with van der Waals surface area (Å²) in [6, 6.07) is 8.50. The highest BCUT2D eigenvalue weighted by molar-refractivity contribution is 6.18. The van der Waals surface area contributed by atoms with E-state index in [4.69, 9.17) is 0 Å². The molecule has 0 aromatic heterocycles. The third-order valence-electron chi connectivity index (χ3n) is 1.93. The SMILES string of the molecule is [SiH3]C=CC1=Cc2ccccc21. The van der Waals surface area contributed by atoms with Crippen molar-refractivity contribution in [3.8, 4) is 0 Å². The third kappa shape index (κ3) is 0.975. The summed E-state index contributed by atoms with van der Waals surface area (Å²) in [5.41, 5.74) is 6.37. The van der Waals surface area contributed by atoms with Crippen LogP contribution in [0, 0.1) is 0 Å². The van der Waals surface area contributed by atoms with Crippen LogP contribution in [0.4, 0.5) is 0 Å². The second-order valence-corrected chi connectivity index (χ2v) is 3.35. The third-order valence-corrected chi connectivity index (χ3v) is 2.26. The molecule has 0 bridgehead atoms. The maximum Gasteiger partial charge on any atom is 0.0291 e. The number of fused-ring (bicyclic) bond motifs is 1. The Kier molecular flexibility index (Phi) is 1.51. The van der Waals surface area contributed by atoms with Gasteiger partial charge in [0.25, 0.3) is 0 Å². The van der Waals surface area contributed by atoms with Gasteiger partial charge in [0.1, 0.15) is 0 Å². The average Bonchev–Trinajstić information content (AvgIpc) is 2.01. The molecule has 11 heavy (non-hydrogen) atoms. The van der Waals surface area contributed by atoms with Gasteiger partial charge in [0.15, 0.2) is 0 Å². The van der Waals surface area contributed by atoms with Gasteiger partial charge in [-0.25, -0.2) is 0 Å². The number of benzene rings is 1. The van der Waals surface area contributed by atoms with E-state index < -0.39 is 0 Å². The largest absolute Gasteiger partial charge is 0.105 e. The average molecular weight is 158 g/mol. The van der Waals surface area contributed by atoms with Crippen molar-refractivity contribution in [1.29, 1.82) is 0 Å². The van der Waals surface area contributed by atoms with Gasteiger partial charge in [0.05, 0.1) is 0 Å². The molecule has 0 N–H and O–H groups in total. The summed E-state index contributed by atoms with van der Waals surface area (Å²) >= 11 is 0. The first-order valence-electron chi connectivity index (χ1n) is 3.85. The lowest BCUT2D eigenvalue weighted by molar-refractivity contribution is 1.54. The van der Waals surface area contributed by atoms with Gasteiger partial charge >= 0.3 is 0 Å². The van der Waals surface area contributed by atoms with Crippen LogP contribution < -0.4 is 0 Å². The van der Waals surface area contributed by atoms with Crippen LogP contribution in [0.25, 0.3) is 11.6 Å². The minimum Gasteiger partial charge on any atom is -0.105 e. The van der Waals surface area contributed by atoms with Gasteiger partial charge in [0.2, 0.25) is 0 Å². The number of rotatable bonds is 1. The van der Waals surface area contributed by atoms with E-state index in [-0.39, 0.29) is 0 Å². The van der Waals surface area contributed by atoms with Crippen molar-refractivity contribution in [2.75, 3.05) is 0 Å². The molecule has 0 nitrogen and oxygen atoms in total. The molecule has 1 heteroatoms. The maximum atomic E-state index is 2.23. The van der Waals surface area contributed by atoms with E-state index in [1.54, 1.807) is 0 Å². The Balaban J connectivity index is 2.38. The first-order valence-corrected chi connectivity index (χ1v) is 5.01. The normalized spacial score (nSPS) is 14.4. The van der Waals surface area contributed by atoms with Crippen molar-refractivity contribution in [3.63, 3.8) is 0 Å². The fourth-order valence-corrected chi connectivity index (χ4v) is 1.73. The van der Waals surface area contributed by atoms with Gasteiger partial charge in [-0.3, -0.25) is 0 Å². The lowest BCUT2D eigenvalue weighted by Crippen LogP contribution is -1.94. The molecule has 0 unspecified atom stereocenters. The van der Waals surface area contributed by atoms with E-state index in [0.717, 1.165) is 10.2 Å². The summed E-state index contributed by atoms with van der Waals surface area (Å²) in [4.78, 5) is 0. The molecule has 0 saturated heterocycles. The summed E-state index contributed by atoms with van der Waals surface area (Å²) in [6.45, 7) is 0. The van der Waals surface area contributed by atoms with Crippen LogP contribution in [0.1, 0.15) is 11.1 Å². The smallest absolute Gasteiger partial charge is 0.0291 e. The Morgan fingerprint density at radius 2 is 2.00 bits per heavy atom. The quantitative estimate of drug-likeness (QED) is 0.542. The molecule has 54 valence electrons. The van der Waals surface area contributed by atoms with E-state index in [2.05, 4.69) is 42.1 Å². The minimum atomic E-state index is 1.15. The highest BCUT2D eigenvalue weighted by Gasteiger charge is 2.10. The van der Waals surface area contributed by atoms with Gasteiger partial charge in [0, 0.05) is 10.2 Å². The van der Waals surface area contributed by atoms with E-state index in [1.807, 2.05) is 0 Å². The lowest BCUT2D eigenvalue weighted by atomic mass is 9.89. The summed E-state index contributed by atoms with van der Waals surface area (Å²) in [5, 5.41) is 0. The Labute approximate surface area is 69.7 Å². The molecular weight excluding hydrogens is 148 g/mol. The molecular formula is C10H10Si. The van der Waals surface area contributed by atoms with Crippen molar-refractivity contribution in [3.05, 3.63) is 47.2 Å². The first-order chi connectivity index (χ1) is 5.42. The van der Waals surface area contributed by atoms with E-state index in [1.165, 1.54) is 16.7 Å². The molecule has 1 aromatic carbocycles. The molecule has 0 atom stereocenters. The molecule has 0 heterocycles. The van der Waals surface area contributed by atoms with Crippen LogP contribution in [0.15, 0.2) is 36.0 Å². The predicted octanol–water partition coefficient (Wildman–Crippen LogP) is 1.42. The van der Waals surface area contributed by atoms with Crippen LogP contribution in [0.2, 0.25) is 0 Å². The Morgan fingerprint density at radius 3 is 2.73 bits per heavy atom. The fraction of sp³-hybridized carbons (Fsp3) is 0. The van der Waals surface area contributed by atoms with Crippen molar-refractivity contribution in [2.24, 2.45) is 0 Å². The topological polar surface area (TPSA) is 0 Å². The van der Waals surface area contributed by atoms with Gasteiger partial charge in [-0.15, -0.1) is 5.70 Å². The van der Waals surface area contributed by atoms with Crippen molar-refractivity contribution >= 4 is 21.9 Å². The lowest BCUT2D eigenvalue weighted by Gasteiger charge is -2.16. The van der Waals surface area contributed by atoms with Crippen LogP contribution in [0.3, 0.4) is 0 Å². The van der Waals surface area contributed by atoms with Gasteiger partial charge in [-0.05, 0) is 22.8 Å². The molecule has 0 radical (unpaired) electrons. The van der Waals surface area contributed by atoms with E-state index >= 15 is 0 Å². The standard InChI is InChI=1S/C10H10Si/c11-6-5-9-7-8-3-1-2-4-10(8)9/h1-7H,11H3. The molecule has 1 aromatic rings. The van der Waals surface area contributed by atoms with E-state index in [0.29, 0.717) is 0 Å². The highest BCUT2D eigenvalue weighted by atomic mass is 28.1. The van der Waals surface area contributed by atoms with Crippen LogP contribution in [-0.4, -0.2) is 10.2 Å². The highest BCUT2D eigenvalue weighted by Crippen LogP contribution is 2.32. The van der Waals surface area contributed by atoms with Gasteiger partial charge < -0.3 is 0 Å². The zero-order valence-corrected chi connectivity index (χ0v) is 8.54. The zero-order valence-electron chi connectivity index (χ0n) is 6.54.